The van der Waals surface area contributed by atoms with Gasteiger partial charge in [-0.15, -0.1) is 0 Å². The van der Waals surface area contributed by atoms with Gasteiger partial charge in [-0.1, -0.05) is 0 Å². The number of rotatable bonds is 2. The largest absolute Gasteiger partial charge is 0.381 e. The third kappa shape index (κ3) is 2.73. The van der Waals surface area contributed by atoms with E-state index in [0.717, 1.165) is 18.4 Å². The summed E-state index contributed by atoms with van der Waals surface area (Å²) in [6, 6.07) is 5.43. The average Bonchev–Trinajstić information content (AvgIpc) is 2.48. The number of halogens is 1. The minimum absolute atomic E-state index is 0.0239. The van der Waals surface area contributed by atoms with Crippen LogP contribution < -0.4 is 5.56 Å². The Bertz CT molecular complexity index is 665. The Morgan fingerprint density at radius 3 is 2.80 bits per heavy atom. The molecule has 0 unspecified atom stereocenters. The lowest BCUT2D eigenvalue weighted by Crippen LogP contribution is -2.28. The summed E-state index contributed by atoms with van der Waals surface area (Å²) in [6.07, 6.45) is 5.15. The fourth-order valence-corrected chi connectivity index (χ4v) is 2.56. The monoisotopic (exact) mass is 291 g/mol. The molecule has 0 bridgehead atoms. The van der Waals surface area contributed by atoms with Crippen LogP contribution in [0, 0.1) is 0 Å². The van der Waals surface area contributed by atoms with Gasteiger partial charge in [0.25, 0.3) is 5.56 Å². The number of hydrogen-bond acceptors (Lipinski definition) is 4. The van der Waals surface area contributed by atoms with Gasteiger partial charge in [0.15, 0.2) is 0 Å². The first-order valence-corrected chi connectivity index (χ1v) is 6.91. The summed E-state index contributed by atoms with van der Waals surface area (Å²) in [6.45, 7) is 1.42. The maximum Gasteiger partial charge on any atom is 0.251 e. The summed E-state index contributed by atoms with van der Waals surface area (Å²) >= 11 is 5.77. The van der Waals surface area contributed by atoms with Crippen LogP contribution in [-0.4, -0.2) is 27.7 Å². The first-order valence-electron chi connectivity index (χ1n) is 6.53. The number of ether oxygens (including phenoxy) is 1. The van der Waals surface area contributed by atoms with Gasteiger partial charge in [-0.25, -0.2) is 9.97 Å². The molecule has 3 heterocycles. The van der Waals surface area contributed by atoms with Crippen molar-refractivity contribution in [1.29, 1.82) is 0 Å². The zero-order valence-corrected chi connectivity index (χ0v) is 11.6. The van der Waals surface area contributed by atoms with Crippen molar-refractivity contribution in [2.75, 3.05) is 13.2 Å². The normalized spacial score (nSPS) is 16.2. The van der Waals surface area contributed by atoms with Crippen molar-refractivity contribution in [2.45, 2.75) is 18.9 Å². The maximum absolute atomic E-state index is 12.2. The molecule has 0 amide bonds. The van der Waals surface area contributed by atoms with Crippen molar-refractivity contribution in [3.05, 3.63) is 46.2 Å². The summed E-state index contributed by atoms with van der Waals surface area (Å²) in [5.41, 5.74) is 1.38. The zero-order valence-electron chi connectivity index (χ0n) is 10.8. The Morgan fingerprint density at radius 2 is 2.10 bits per heavy atom. The van der Waals surface area contributed by atoms with E-state index in [9.17, 15) is 4.79 Å². The Hall–Kier alpha value is -1.72. The number of aromatic nitrogens is 3. The summed E-state index contributed by atoms with van der Waals surface area (Å²) in [5.74, 6) is 0. The second kappa shape index (κ2) is 5.73. The van der Waals surface area contributed by atoms with Crippen molar-refractivity contribution in [1.82, 2.24) is 14.5 Å². The predicted octanol–water partition coefficient (Wildman–Crippen LogP) is 2.31. The highest BCUT2D eigenvalue weighted by atomic mass is 35.5. The van der Waals surface area contributed by atoms with E-state index in [1.165, 1.54) is 0 Å². The molecule has 3 rings (SSSR count). The molecule has 0 saturated carbocycles. The van der Waals surface area contributed by atoms with Crippen molar-refractivity contribution in [3.8, 4) is 11.3 Å². The molecule has 0 N–H and O–H groups in total. The molecule has 5 nitrogen and oxygen atoms in total. The highest BCUT2D eigenvalue weighted by Gasteiger charge is 2.16. The van der Waals surface area contributed by atoms with Crippen LogP contribution in [0.25, 0.3) is 11.3 Å². The van der Waals surface area contributed by atoms with Crippen LogP contribution in [0.5, 0.6) is 0 Å². The van der Waals surface area contributed by atoms with E-state index in [0.29, 0.717) is 18.9 Å². The highest BCUT2D eigenvalue weighted by Crippen LogP contribution is 2.21. The molecule has 0 radical (unpaired) electrons. The second-order valence-corrected chi connectivity index (χ2v) is 5.05. The third-order valence-electron chi connectivity index (χ3n) is 3.45. The molecule has 1 fully saturated rings. The topological polar surface area (TPSA) is 57.0 Å². The van der Waals surface area contributed by atoms with Crippen LogP contribution in [0.15, 0.2) is 35.4 Å². The van der Waals surface area contributed by atoms with Crippen molar-refractivity contribution >= 4 is 11.6 Å². The third-order valence-corrected chi connectivity index (χ3v) is 3.64. The van der Waals surface area contributed by atoms with Gasteiger partial charge in [0, 0.05) is 43.3 Å². The molecule has 0 aliphatic carbocycles. The maximum atomic E-state index is 12.2. The van der Waals surface area contributed by atoms with Gasteiger partial charge in [0.2, 0.25) is 5.28 Å². The predicted molar refractivity (Wildman–Crippen MR) is 75.8 cm³/mol. The van der Waals surface area contributed by atoms with Gasteiger partial charge in [-0.05, 0) is 36.6 Å². The smallest absolute Gasteiger partial charge is 0.251 e. The molecule has 1 aliphatic rings. The zero-order chi connectivity index (χ0) is 13.9. The van der Waals surface area contributed by atoms with Gasteiger partial charge in [-0.3, -0.25) is 4.79 Å². The minimum atomic E-state index is -0.0239. The van der Waals surface area contributed by atoms with Crippen LogP contribution in [0.4, 0.5) is 0 Å². The van der Waals surface area contributed by atoms with Crippen molar-refractivity contribution in [3.63, 3.8) is 0 Å². The minimum Gasteiger partial charge on any atom is -0.381 e. The molecule has 0 atom stereocenters. The average molecular weight is 292 g/mol. The molecule has 0 spiro atoms. The molecule has 0 aromatic carbocycles. The van der Waals surface area contributed by atoms with Crippen LogP contribution in [0.3, 0.4) is 0 Å². The first kappa shape index (κ1) is 13.3. The Labute approximate surface area is 121 Å². The van der Waals surface area contributed by atoms with Crippen LogP contribution in [-0.2, 0) is 4.74 Å². The summed E-state index contributed by atoms with van der Waals surface area (Å²) in [5, 5.41) is 0.177. The number of pyridine rings is 1. The summed E-state index contributed by atoms with van der Waals surface area (Å²) in [4.78, 5) is 20.2. The fraction of sp³-hybridized carbons (Fsp3) is 0.357. The first-order chi connectivity index (χ1) is 9.74. The highest BCUT2D eigenvalue weighted by molar-refractivity contribution is 6.28. The summed E-state index contributed by atoms with van der Waals surface area (Å²) < 4.78 is 7.09. The van der Waals surface area contributed by atoms with Gasteiger partial charge in [0.1, 0.15) is 0 Å². The Kier molecular flexibility index (Phi) is 3.80. The molecule has 1 saturated heterocycles. The van der Waals surface area contributed by atoms with E-state index in [1.807, 2.05) is 12.3 Å². The lowest BCUT2D eigenvalue weighted by atomic mass is 10.1. The molecule has 2 aromatic heterocycles. The van der Waals surface area contributed by atoms with Gasteiger partial charge in [-0.2, -0.15) is 0 Å². The molecule has 2 aromatic rings. The number of nitrogens with zero attached hydrogens (tertiary/aromatic N) is 3. The van der Waals surface area contributed by atoms with E-state index in [4.69, 9.17) is 16.3 Å². The molecular weight excluding hydrogens is 278 g/mol. The lowest BCUT2D eigenvalue weighted by molar-refractivity contribution is 0.0687. The lowest BCUT2D eigenvalue weighted by Gasteiger charge is -2.24. The molecule has 1 aliphatic heterocycles. The van der Waals surface area contributed by atoms with Crippen molar-refractivity contribution < 1.29 is 4.74 Å². The number of hydrogen-bond donors (Lipinski definition) is 0. The molecule has 104 valence electrons. The molecular formula is C14H14ClN3O2. The SMILES string of the molecule is O=c1cc(-c2ccnc(Cl)n2)ccn1C1CCOCC1. The fourth-order valence-electron chi connectivity index (χ4n) is 2.41. The molecule has 6 heteroatoms. The van der Waals surface area contributed by atoms with Gasteiger partial charge in [0.05, 0.1) is 5.69 Å². The Morgan fingerprint density at radius 1 is 1.30 bits per heavy atom. The quantitative estimate of drug-likeness (QED) is 0.797. The van der Waals surface area contributed by atoms with Crippen LogP contribution in [0.2, 0.25) is 5.28 Å². The van der Waals surface area contributed by atoms with Crippen molar-refractivity contribution in [2.24, 2.45) is 0 Å². The standard InChI is InChI=1S/C14H14ClN3O2/c15-14-16-5-1-12(17-14)10-2-6-18(13(19)9-10)11-3-7-20-8-4-11/h1-2,5-6,9,11H,3-4,7-8H2. The van der Waals surface area contributed by atoms with E-state index in [2.05, 4.69) is 9.97 Å². The van der Waals surface area contributed by atoms with Gasteiger partial charge >= 0.3 is 0 Å². The Balaban J connectivity index is 1.93. The summed E-state index contributed by atoms with van der Waals surface area (Å²) in [7, 11) is 0. The van der Waals surface area contributed by atoms with Crippen LogP contribution in [0.1, 0.15) is 18.9 Å². The van der Waals surface area contributed by atoms with Gasteiger partial charge < -0.3 is 9.30 Å². The van der Waals surface area contributed by atoms with Crippen LogP contribution >= 0.6 is 11.6 Å². The van der Waals surface area contributed by atoms with E-state index >= 15 is 0 Å². The van der Waals surface area contributed by atoms with E-state index < -0.39 is 0 Å². The van der Waals surface area contributed by atoms with E-state index in [-0.39, 0.29) is 16.9 Å². The molecule has 20 heavy (non-hydrogen) atoms. The van der Waals surface area contributed by atoms with E-state index in [1.54, 1.807) is 22.9 Å². The second-order valence-electron chi connectivity index (χ2n) is 4.72.